The number of hydrogen-bond acceptors (Lipinski definition) is 5. The van der Waals surface area contributed by atoms with Crippen molar-refractivity contribution in [2.45, 2.75) is 26.7 Å². The fraction of sp³-hybridized carbons (Fsp3) is 0.714. The summed E-state index contributed by atoms with van der Waals surface area (Å²) in [5.74, 6) is 0.562. The van der Waals surface area contributed by atoms with E-state index >= 15 is 0 Å². The Morgan fingerprint density at radius 3 is 2.67 bits per heavy atom. The molecular weight excluding hydrogens is 238 g/mol. The molecule has 6 nitrogen and oxygen atoms in total. The topological polar surface area (TPSA) is 92.2 Å². The molecule has 1 aromatic rings. The van der Waals surface area contributed by atoms with E-state index in [0.717, 1.165) is 29.2 Å². The van der Waals surface area contributed by atoms with Gasteiger partial charge in [-0.2, -0.15) is 8.42 Å². The second-order valence-corrected chi connectivity index (χ2v) is 5.73. The van der Waals surface area contributed by atoms with E-state index in [4.69, 9.17) is 4.55 Å². The summed E-state index contributed by atoms with van der Waals surface area (Å²) in [4.78, 5) is 0. The largest absolute Gasteiger partial charge is 0.359 e. The molecule has 86 valence electrons. The Labute approximate surface area is 92.6 Å². The highest BCUT2D eigenvalue weighted by Gasteiger charge is 2.10. The average Bonchev–Trinajstić information content (AvgIpc) is 2.45. The Bertz CT molecular complexity index is 413. The lowest BCUT2D eigenvalue weighted by molar-refractivity contribution is 0.489. The summed E-state index contributed by atoms with van der Waals surface area (Å²) in [5.41, 5.74) is 0. The molecule has 0 saturated carbocycles. The summed E-state index contributed by atoms with van der Waals surface area (Å²) in [6.07, 6.45) is 1.74. The lowest BCUT2D eigenvalue weighted by Gasteiger charge is -1.99. The van der Waals surface area contributed by atoms with Crippen LogP contribution in [0.15, 0.2) is 0 Å². The molecule has 0 amide bonds. The molecule has 1 heterocycles. The van der Waals surface area contributed by atoms with Gasteiger partial charge in [0.05, 0.1) is 0 Å². The highest BCUT2D eigenvalue weighted by Crippen LogP contribution is 2.18. The third-order valence-electron chi connectivity index (χ3n) is 1.62. The summed E-state index contributed by atoms with van der Waals surface area (Å²) >= 11 is 1.13. The Morgan fingerprint density at radius 1 is 1.47 bits per heavy atom. The highest BCUT2D eigenvalue weighted by atomic mass is 32.2. The first-order valence-electron chi connectivity index (χ1n) is 4.44. The zero-order chi connectivity index (χ0) is 11.5. The number of nitrogens with zero attached hydrogens (tertiary/aromatic N) is 2. The van der Waals surface area contributed by atoms with E-state index in [9.17, 15) is 8.42 Å². The monoisotopic (exact) mass is 251 g/mol. The van der Waals surface area contributed by atoms with Crippen LogP contribution in [0, 0.1) is 5.92 Å². The van der Waals surface area contributed by atoms with Crippen molar-refractivity contribution in [1.29, 1.82) is 0 Å². The minimum Gasteiger partial charge on any atom is -0.269 e. The zero-order valence-electron chi connectivity index (χ0n) is 8.47. The second kappa shape index (κ2) is 4.86. The van der Waals surface area contributed by atoms with Gasteiger partial charge in [0.2, 0.25) is 5.13 Å². The zero-order valence-corrected chi connectivity index (χ0v) is 10.1. The van der Waals surface area contributed by atoms with Crippen LogP contribution in [-0.2, 0) is 16.7 Å². The first-order chi connectivity index (χ1) is 6.87. The Hall–Kier alpha value is -0.730. The first-order valence-corrected chi connectivity index (χ1v) is 6.70. The maximum absolute atomic E-state index is 10.5. The maximum Gasteiger partial charge on any atom is 0.359 e. The van der Waals surface area contributed by atoms with Gasteiger partial charge in [-0.25, -0.2) is 4.72 Å². The first kappa shape index (κ1) is 12.3. The summed E-state index contributed by atoms with van der Waals surface area (Å²) in [5, 5.41) is 8.25. The van der Waals surface area contributed by atoms with E-state index in [1.165, 1.54) is 0 Å². The fourth-order valence-electron chi connectivity index (χ4n) is 0.918. The van der Waals surface area contributed by atoms with Crippen LogP contribution in [0.25, 0.3) is 0 Å². The smallest absolute Gasteiger partial charge is 0.269 e. The predicted octanol–water partition coefficient (Wildman–Crippen LogP) is 1.34. The molecule has 1 rings (SSSR count). The quantitative estimate of drug-likeness (QED) is 0.770. The molecule has 8 heteroatoms. The average molecular weight is 251 g/mol. The lowest BCUT2D eigenvalue weighted by atomic mass is 10.1. The van der Waals surface area contributed by atoms with Crippen molar-refractivity contribution in [3.8, 4) is 0 Å². The molecule has 0 unspecified atom stereocenters. The van der Waals surface area contributed by atoms with Crippen LogP contribution in [0.1, 0.15) is 25.3 Å². The van der Waals surface area contributed by atoms with E-state index in [1.807, 2.05) is 4.72 Å². The van der Waals surface area contributed by atoms with Crippen LogP contribution >= 0.6 is 11.3 Å². The molecule has 0 atom stereocenters. The van der Waals surface area contributed by atoms with Gasteiger partial charge in [-0.1, -0.05) is 25.2 Å². The molecule has 0 aliphatic carbocycles. The third-order valence-corrected chi connectivity index (χ3v) is 3.10. The van der Waals surface area contributed by atoms with Crippen LogP contribution in [0.3, 0.4) is 0 Å². The van der Waals surface area contributed by atoms with E-state index < -0.39 is 10.3 Å². The van der Waals surface area contributed by atoms with E-state index in [2.05, 4.69) is 24.0 Å². The van der Waals surface area contributed by atoms with Gasteiger partial charge in [0.25, 0.3) is 0 Å². The minimum atomic E-state index is -4.24. The van der Waals surface area contributed by atoms with Crippen LogP contribution in [0.2, 0.25) is 0 Å². The molecule has 0 aliphatic heterocycles. The van der Waals surface area contributed by atoms with E-state index in [1.54, 1.807) is 0 Å². The van der Waals surface area contributed by atoms with Crippen LogP contribution in [0.5, 0.6) is 0 Å². The van der Waals surface area contributed by atoms with Crippen molar-refractivity contribution in [3.05, 3.63) is 5.01 Å². The maximum atomic E-state index is 10.5. The van der Waals surface area contributed by atoms with Gasteiger partial charge in [0.15, 0.2) is 0 Å². The Kier molecular flexibility index (Phi) is 4.00. The molecular formula is C7H13N3O3S2. The predicted molar refractivity (Wildman–Crippen MR) is 58.2 cm³/mol. The van der Waals surface area contributed by atoms with Crippen molar-refractivity contribution in [3.63, 3.8) is 0 Å². The van der Waals surface area contributed by atoms with Crippen molar-refractivity contribution in [2.75, 3.05) is 4.72 Å². The fourth-order valence-corrected chi connectivity index (χ4v) is 2.27. The number of hydrogen-bond donors (Lipinski definition) is 2. The molecule has 0 aliphatic rings. The third kappa shape index (κ3) is 5.05. The molecule has 2 N–H and O–H groups in total. The Balaban J connectivity index is 2.57. The molecule has 0 fully saturated rings. The molecule has 0 bridgehead atoms. The summed E-state index contributed by atoms with van der Waals surface area (Å²) in [7, 11) is -4.24. The van der Waals surface area contributed by atoms with Gasteiger partial charge in [0.1, 0.15) is 5.01 Å². The summed E-state index contributed by atoms with van der Waals surface area (Å²) in [6, 6.07) is 0. The van der Waals surface area contributed by atoms with Crippen molar-refractivity contribution in [2.24, 2.45) is 5.92 Å². The van der Waals surface area contributed by atoms with Gasteiger partial charge >= 0.3 is 10.3 Å². The van der Waals surface area contributed by atoms with Crippen molar-refractivity contribution >= 4 is 26.8 Å². The summed E-state index contributed by atoms with van der Waals surface area (Å²) < 4.78 is 31.3. The number of aryl methyl sites for hydroxylation is 1. The second-order valence-electron chi connectivity index (χ2n) is 3.51. The van der Waals surface area contributed by atoms with Crippen molar-refractivity contribution in [1.82, 2.24) is 10.2 Å². The standard InChI is InChI=1S/C7H13N3O3S2/c1-5(2)3-4-6-8-9-7(14-6)10-15(11,12)13/h5H,3-4H2,1-2H3,(H,9,10)(H,11,12,13). The van der Waals surface area contributed by atoms with Gasteiger partial charge in [-0.3, -0.25) is 4.55 Å². The van der Waals surface area contributed by atoms with Crippen molar-refractivity contribution < 1.29 is 13.0 Å². The van der Waals surface area contributed by atoms with Gasteiger partial charge < -0.3 is 0 Å². The minimum absolute atomic E-state index is 0.0938. The SMILES string of the molecule is CC(C)CCc1nnc(NS(=O)(=O)O)s1. The van der Waals surface area contributed by atoms with E-state index in [-0.39, 0.29) is 5.13 Å². The molecule has 0 radical (unpaired) electrons. The van der Waals surface area contributed by atoms with Crippen LogP contribution in [-0.4, -0.2) is 23.2 Å². The molecule has 15 heavy (non-hydrogen) atoms. The normalized spacial score (nSPS) is 12.0. The Morgan fingerprint density at radius 2 is 2.13 bits per heavy atom. The molecule has 1 aromatic heterocycles. The molecule has 0 aromatic carbocycles. The lowest BCUT2D eigenvalue weighted by Crippen LogP contribution is -2.09. The van der Waals surface area contributed by atoms with Crippen LogP contribution in [0.4, 0.5) is 5.13 Å². The molecule has 0 spiro atoms. The van der Waals surface area contributed by atoms with Gasteiger partial charge in [0, 0.05) is 6.42 Å². The van der Waals surface area contributed by atoms with Gasteiger partial charge in [-0.05, 0) is 12.3 Å². The molecule has 0 saturated heterocycles. The van der Waals surface area contributed by atoms with Crippen LogP contribution < -0.4 is 4.72 Å². The highest BCUT2D eigenvalue weighted by molar-refractivity contribution is 7.87. The number of aromatic nitrogens is 2. The van der Waals surface area contributed by atoms with Gasteiger partial charge in [-0.15, -0.1) is 10.2 Å². The number of anilines is 1. The number of nitrogens with one attached hydrogen (secondary N) is 1. The van der Waals surface area contributed by atoms with E-state index in [0.29, 0.717) is 5.92 Å². The summed E-state index contributed by atoms with van der Waals surface area (Å²) in [6.45, 7) is 4.19. The number of rotatable bonds is 5.